The Labute approximate surface area is 203 Å². The van der Waals surface area contributed by atoms with Crippen LogP contribution < -0.4 is 10.2 Å². The van der Waals surface area contributed by atoms with Crippen LogP contribution in [0.3, 0.4) is 0 Å². The Hall–Kier alpha value is -2.96. The van der Waals surface area contributed by atoms with Crippen molar-refractivity contribution in [3.8, 4) is 0 Å². The number of carbonyl (C=O) groups is 1. The van der Waals surface area contributed by atoms with Crippen molar-refractivity contribution in [3.05, 3.63) is 87.2 Å². The highest BCUT2D eigenvalue weighted by Gasteiger charge is 2.36. The summed E-state index contributed by atoms with van der Waals surface area (Å²) in [5.41, 5.74) is 4.81. The van der Waals surface area contributed by atoms with Gasteiger partial charge >= 0.3 is 0 Å². The molecule has 2 aliphatic rings. The molecule has 1 saturated heterocycles. The minimum atomic E-state index is -0.381. The molecule has 2 aliphatic heterocycles. The molecule has 1 amide bonds. The number of carbonyl (C=O) groups excluding carboxylic acids is 1. The fourth-order valence-electron chi connectivity index (χ4n) is 4.64. The summed E-state index contributed by atoms with van der Waals surface area (Å²) in [5.74, 6) is 0.852. The van der Waals surface area contributed by atoms with Crippen molar-refractivity contribution in [3.63, 3.8) is 0 Å². The van der Waals surface area contributed by atoms with Crippen molar-refractivity contribution in [1.82, 2.24) is 14.7 Å². The van der Waals surface area contributed by atoms with Gasteiger partial charge in [-0.25, -0.2) is 4.68 Å². The van der Waals surface area contributed by atoms with Gasteiger partial charge in [-0.2, -0.15) is 5.10 Å². The predicted octanol–water partition coefficient (Wildman–Crippen LogP) is 5.14. The maximum atomic E-state index is 13.8. The van der Waals surface area contributed by atoms with Crippen molar-refractivity contribution in [2.24, 2.45) is 0 Å². The number of benzene rings is 2. The van der Waals surface area contributed by atoms with E-state index in [4.69, 9.17) is 23.2 Å². The van der Waals surface area contributed by atoms with Gasteiger partial charge in [-0.1, -0.05) is 41.4 Å². The first-order valence-electron chi connectivity index (χ1n) is 11.0. The molecule has 33 heavy (non-hydrogen) atoms. The van der Waals surface area contributed by atoms with Crippen LogP contribution in [0.4, 0.5) is 11.5 Å². The number of hydrogen-bond acceptors (Lipinski definition) is 4. The molecule has 1 fully saturated rings. The monoisotopic (exact) mass is 481 g/mol. The second-order valence-electron chi connectivity index (χ2n) is 8.52. The highest BCUT2D eigenvalue weighted by molar-refractivity contribution is 6.42. The number of allylic oxidation sites excluding steroid dienone is 1. The van der Waals surface area contributed by atoms with Crippen LogP contribution in [0.1, 0.15) is 24.1 Å². The molecule has 0 bridgehead atoms. The van der Waals surface area contributed by atoms with Crippen LogP contribution >= 0.6 is 23.2 Å². The lowest BCUT2D eigenvalue weighted by Gasteiger charge is -2.38. The number of amides is 1. The first-order valence-corrected chi connectivity index (χ1v) is 11.7. The quantitative estimate of drug-likeness (QED) is 0.562. The van der Waals surface area contributed by atoms with E-state index in [0.717, 1.165) is 30.2 Å². The van der Waals surface area contributed by atoms with E-state index in [0.29, 0.717) is 28.7 Å². The number of aryl methyl sites for hydroxylation is 1. The zero-order valence-electron chi connectivity index (χ0n) is 18.6. The normalized spacial score (nSPS) is 18.2. The maximum Gasteiger partial charge on any atom is 0.254 e. The first kappa shape index (κ1) is 21.9. The fraction of sp³-hybridized carbons (Fsp3) is 0.280. The van der Waals surface area contributed by atoms with E-state index in [1.807, 2.05) is 34.7 Å². The highest BCUT2D eigenvalue weighted by Crippen LogP contribution is 2.38. The smallest absolute Gasteiger partial charge is 0.254 e. The van der Waals surface area contributed by atoms with Crippen LogP contribution in [0, 0.1) is 6.92 Å². The van der Waals surface area contributed by atoms with Crippen LogP contribution in [0.2, 0.25) is 10.0 Å². The number of fused-ring (bicyclic) bond motifs is 1. The minimum Gasteiger partial charge on any atom is -0.368 e. The number of piperazine rings is 1. The van der Waals surface area contributed by atoms with E-state index >= 15 is 0 Å². The SMILES string of the molecule is CC1=C(C(=O)N2CCN(c3cccc(C)c3)CC2)C(c2ccc(Cl)c(Cl)c2)n2nccc2N1. The summed E-state index contributed by atoms with van der Waals surface area (Å²) in [6.45, 7) is 6.94. The van der Waals surface area contributed by atoms with Gasteiger partial charge in [0.25, 0.3) is 5.91 Å². The van der Waals surface area contributed by atoms with E-state index in [1.54, 1.807) is 12.3 Å². The molecule has 5 rings (SSSR count). The van der Waals surface area contributed by atoms with Crippen LogP contribution in [-0.2, 0) is 4.79 Å². The molecule has 170 valence electrons. The summed E-state index contributed by atoms with van der Waals surface area (Å²) in [5, 5.41) is 8.78. The average molecular weight is 482 g/mol. The maximum absolute atomic E-state index is 13.8. The van der Waals surface area contributed by atoms with Crippen molar-refractivity contribution in [2.45, 2.75) is 19.9 Å². The largest absolute Gasteiger partial charge is 0.368 e. The molecule has 3 aromatic rings. The second-order valence-corrected chi connectivity index (χ2v) is 9.33. The summed E-state index contributed by atoms with van der Waals surface area (Å²) in [4.78, 5) is 18.1. The third-order valence-electron chi connectivity index (χ3n) is 6.33. The standard InChI is InChI=1S/C25H25Cl2N5O/c1-16-4-3-5-19(14-16)30-10-12-31(13-11-30)25(33)23-17(2)29-22-8-9-28-32(22)24(23)18-6-7-20(26)21(27)15-18/h3-9,14-15,24,29H,10-13H2,1-2H3. The predicted molar refractivity (Wildman–Crippen MR) is 133 cm³/mol. The Balaban J connectivity index is 1.43. The van der Waals surface area contributed by atoms with Gasteiger partial charge in [-0.3, -0.25) is 4.79 Å². The molecule has 1 aromatic heterocycles. The number of halogens is 2. The van der Waals surface area contributed by atoms with E-state index in [-0.39, 0.29) is 11.9 Å². The number of nitrogens with zero attached hydrogens (tertiary/aromatic N) is 4. The first-order chi connectivity index (χ1) is 15.9. The van der Waals surface area contributed by atoms with Gasteiger partial charge in [0, 0.05) is 43.6 Å². The van der Waals surface area contributed by atoms with Crippen LogP contribution in [0.25, 0.3) is 0 Å². The summed E-state index contributed by atoms with van der Waals surface area (Å²) in [6.07, 6.45) is 1.73. The molecular weight excluding hydrogens is 457 g/mol. The third kappa shape index (κ3) is 4.09. The molecular formula is C25H25Cl2N5O. The molecule has 8 heteroatoms. The third-order valence-corrected chi connectivity index (χ3v) is 7.07. The number of aromatic nitrogens is 2. The van der Waals surface area contributed by atoms with E-state index in [1.165, 1.54) is 11.3 Å². The van der Waals surface area contributed by atoms with Crippen molar-refractivity contribution in [2.75, 3.05) is 36.4 Å². The molecule has 0 saturated carbocycles. The second kappa shape index (κ2) is 8.76. The zero-order chi connectivity index (χ0) is 23.1. The topological polar surface area (TPSA) is 53.4 Å². The summed E-state index contributed by atoms with van der Waals surface area (Å²) < 4.78 is 1.84. The number of hydrogen-bond donors (Lipinski definition) is 1. The molecule has 2 aromatic carbocycles. The Morgan fingerprint density at radius 2 is 1.79 bits per heavy atom. The molecule has 0 radical (unpaired) electrons. The van der Waals surface area contributed by atoms with E-state index < -0.39 is 0 Å². The summed E-state index contributed by atoms with van der Waals surface area (Å²) in [7, 11) is 0. The molecule has 0 spiro atoms. The molecule has 0 aliphatic carbocycles. The van der Waals surface area contributed by atoms with E-state index in [9.17, 15) is 4.79 Å². The molecule has 6 nitrogen and oxygen atoms in total. The number of nitrogens with one attached hydrogen (secondary N) is 1. The summed E-state index contributed by atoms with van der Waals surface area (Å²) in [6, 6.07) is 15.5. The van der Waals surface area contributed by atoms with Gasteiger partial charge < -0.3 is 15.1 Å². The molecule has 1 atom stereocenters. The van der Waals surface area contributed by atoms with Crippen molar-refractivity contribution in [1.29, 1.82) is 0 Å². The van der Waals surface area contributed by atoms with Crippen molar-refractivity contribution < 1.29 is 4.79 Å². The molecule has 1 unspecified atom stereocenters. The van der Waals surface area contributed by atoms with E-state index in [2.05, 4.69) is 46.5 Å². The Morgan fingerprint density at radius 1 is 1.00 bits per heavy atom. The lowest BCUT2D eigenvalue weighted by atomic mass is 9.94. The molecule has 1 N–H and O–H groups in total. The number of rotatable bonds is 3. The number of anilines is 2. The zero-order valence-corrected chi connectivity index (χ0v) is 20.1. The van der Waals surface area contributed by atoms with Crippen LogP contribution in [-0.4, -0.2) is 46.8 Å². The van der Waals surface area contributed by atoms with Gasteiger partial charge in [0.05, 0.1) is 21.8 Å². The average Bonchev–Trinajstić information content (AvgIpc) is 3.28. The van der Waals surface area contributed by atoms with Crippen LogP contribution in [0.5, 0.6) is 0 Å². The Bertz CT molecular complexity index is 1240. The molecule has 3 heterocycles. The van der Waals surface area contributed by atoms with Crippen LogP contribution in [0.15, 0.2) is 66.0 Å². The lowest BCUT2D eigenvalue weighted by Crippen LogP contribution is -2.50. The van der Waals surface area contributed by atoms with Crippen molar-refractivity contribution >= 4 is 40.6 Å². The van der Waals surface area contributed by atoms with Gasteiger partial charge in [0.15, 0.2) is 0 Å². The van der Waals surface area contributed by atoms with Gasteiger partial charge in [-0.05, 0) is 49.2 Å². The van der Waals surface area contributed by atoms with Gasteiger partial charge in [0.2, 0.25) is 0 Å². The van der Waals surface area contributed by atoms with Gasteiger partial charge in [-0.15, -0.1) is 0 Å². The lowest BCUT2D eigenvalue weighted by molar-refractivity contribution is -0.128. The fourth-order valence-corrected chi connectivity index (χ4v) is 4.94. The Kier molecular flexibility index (Phi) is 5.81. The summed E-state index contributed by atoms with van der Waals surface area (Å²) >= 11 is 12.5. The minimum absolute atomic E-state index is 0.0149. The van der Waals surface area contributed by atoms with Gasteiger partial charge in [0.1, 0.15) is 11.9 Å². The Morgan fingerprint density at radius 3 is 2.52 bits per heavy atom. The highest BCUT2D eigenvalue weighted by atomic mass is 35.5.